The van der Waals surface area contributed by atoms with E-state index in [0.29, 0.717) is 28.9 Å². The highest BCUT2D eigenvalue weighted by molar-refractivity contribution is 6.02. The molecule has 4 rings (SSSR count). The number of rotatable bonds is 11. The molecule has 4 aromatic rings. The number of carbonyl (C=O) groups is 1. The first-order chi connectivity index (χ1) is 18.3. The van der Waals surface area contributed by atoms with Crippen LogP contribution in [0.4, 0.5) is 23.0 Å². The van der Waals surface area contributed by atoms with E-state index in [9.17, 15) is 4.79 Å². The molecule has 0 fully saturated rings. The van der Waals surface area contributed by atoms with Crippen LogP contribution in [0.1, 0.15) is 0 Å². The van der Waals surface area contributed by atoms with E-state index in [1.807, 2.05) is 74.4 Å². The van der Waals surface area contributed by atoms with Crippen molar-refractivity contribution in [2.45, 2.75) is 0 Å². The topological polar surface area (TPSA) is 96.8 Å². The summed E-state index contributed by atoms with van der Waals surface area (Å²) in [5, 5.41) is 7.15. The van der Waals surface area contributed by atoms with Gasteiger partial charge in [-0.2, -0.15) is 4.98 Å². The number of fused-ring (bicyclic) bond motifs is 1. The van der Waals surface area contributed by atoms with Crippen molar-refractivity contribution >= 4 is 39.8 Å². The average molecular weight is 516 g/mol. The minimum absolute atomic E-state index is 0.309. The van der Waals surface area contributed by atoms with Crippen molar-refractivity contribution in [2.75, 3.05) is 64.0 Å². The number of likely N-dealkylation sites (N-methyl/N-ethyl adjacent to an activating group) is 2. The third-order valence-electron chi connectivity index (χ3n) is 6.10. The van der Waals surface area contributed by atoms with Gasteiger partial charge in [0.2, 0.25) is 11.9 Å². The van der Waals surface area contributed by atoms with Gasteiger partial charge in [0, 0.05) is 44.0 Å². The molecule has 2 aromatic carbocycles. The number of benzene rings is 2. The Bertz CT molecular complexity index is 1450. The molecule has 10 heteroatoms. The lowest BCUT2D eigenvalue weighted by molar-refractivity contribution is -0.111. The van der Waals surface area contributed by atoms with Gasteiger partial charge in [-0.25, -0.2) is 4.98 Å². The Morgan fingerprint density at radius 1 is 1.05 bits per heavy atom. The molecule has 0 unspecified atom stereocenters. The van der Waals surface area contributed by atoms with Crippen LogP contribution in [0.25, 0.3) is 16.7 Å². The molecule has 198 valence electrons. The molecule has 2 heterocycles. The van der Waals surface area contributed by atoms with Crippen molar-refractivity contribution in [3.8, 4) is 17.3 Å². The van der Waals surface area contributed by atoms with Gasteiger partial charge in [-0.15, -0.1) is 0 Å². The minimum Gasteiger partial charge on any atom is -0.496 e. The molecule has 2 aromatic heterocycles. The second-order valence-corrected chi connectivity index (χ2v) is 8.93. The fourth-order valence-electron chi connectivity index (χ4n) is 4.09. The fraction of sp³-hybridized carbons (Fsp3) is 0.250. The molecule has 10 nitrogen and oxygen atoms in total. The summed E-state index contributed by atoms with van der Waals surface area (Å²) in [6, 6.07) is 13.4. The molecule has 0 aliphatic carbocycles. The molecule has 0 spiro atoms. The van der Waals surface area contributed by atoms with Gasteiger partial charge in [0.25, 0.3) is 0 Å². The quantitative estimate of drug-likeness (QED) is 0.286. The summed E-state index contributed by atoms with van der Waals surface area (Å²) in [5.41, 5.74) is 2.99. The van der Waals surface area contributed by atoms with Crippen LogP contribution in [0.5, 0.6) is 11.5 Å². The van der Waals surface area contributed by atoms with E-state index in [2.05, 4.69) is 32.0 Å². The van der Waals surface area contributed by atoms with Gasteiger partial charge in [-0.1, -0.05) is 12.6 Å². The number of aromatic nitrogens is 3. The first-order valence-electron chi connectivity index (χ1n) is 12.1. The minimum atomic E-state index is -0.309. The standard InChI is InChI=1S/C28H33N7O3/c1-7-27(36)30-20-17-21(25(38-6)18-23(20)34(4)16-15-33(2)3)31-28-29-13-11-26(32-28)35-14-12-19-22(35)9-8-10-24(19)37-5/h7-14,17-18H,1,15-16H2,2-6H3,(H,30,36)(H,29,31,32). The highest BCUT2D eigenvalue weighted by Gasteiger charge is 2.17. The zero-order valence-electron chi connectivity index (χ0n) is 22.4. The van der Waals surface area contributed by atoms with Crippen LogP contribution >= 0.6 is 0 Å². The number of nitrogens with one attached hydrogen (secondary N) is 2. The summed E-state index contributed by atoms with van der Waals surface area (Å²) in [5.74, 6) is 2.13. The molecule has 38 heavy (non-hydrogen) atoms. The Kier molecular flexibility index (Phi) is 8.12. The Labute approximate surface area is 222 Å². The van der Waals surface area contributed by atoms with Gasteiger partial charge in [0.1, 0.15) is 17.3 Å². The van der Waals surface area contributed by atoms with E-state index in [0.717, 1.165) is 35.4 Å². The van der Waals surface area contributed by atoms with Gasteiger partial charge >= 0.3 is 0 Å². The number of ether oxygens (including phenoxy) is 2. The summed E-state index contributed by atoms with van der Waals surface area (Å²) in [6.45, 7) is 5.17. The van der Waals surface area contributed by atoms with E-state index >= 15 is 0 Å². The van der Waals surface area contributed by atoms with Crippen molar-refractivity contribution in [1.29, 1.82) is 0 Å². The number of hydrogen-bond donors (Lipinski definition) is 2. The van der Waals surface area contributed by atoms with Crippen LogP contribution in [0.3, 0.4) is 0 Å². The molecule has 0 radical (unpaired) electrons. The summed E-state index contributed by atoms with van der Waals surface area (Å²) < 4.78 is 13.2. The Morgan fingerprint density at radius 3 is 2.55 bits per heavy atom. The van der Waals surface area contributed by atoms with Gasteiger partial charge < -0.3 is 34.5 Å². The zero-order valence-corrected chi connectivity index (χ0v) is 22.4. The lowest BCUT2D eigenvalue weighted by atomic mass is 10.2. The van der Waals surface area contributed by atoms with E-state index in [1.54, 1.807) is 20.4 Å². The SMILES string of the molecule is C=CC(=O)Nc1cc(Nc2nccc(-n3ccc4c(OC)cccc43)n2)c(OC)cc1N(C)CCN(C)C. The predicted molar refractivity (Wildman–Crippen MR) is 152 cm³/mol. The Morgan fingerprint density at radius 2 is 1.84 bits per heavy atom. The number of amides is 1. The van der Waals surface area contributed by atoms with Gasteiger partial charge in [-0.3, -0.25) is 4.79 Å². The maximum absolute atomic E-state index is 12.2. The second kappa shape index (κ2) is 11.7. The number of hydrogen-bond acceptors (Lipinski definition) is 8. The van der Waals surface area contributed by atoms with Crippen molar-refractivity contribution < 1.29 is 14.3 Å². The highest BCUT2D eigenvalue weighted by atomic mass is 16.5. The average Bonchev–Trinajstić information content (AvgIpc) is 3.36. The molecule has 0 saturated carbocycles. The monoisotopic (exact) mass is 515 g/mol. The molecular weight excluding hydrogens is 482 g/mol. The molecule has 0 aliphatic heterocycles. The van der Waals surface area contributed by atoms with Crippen molar-refractivity contribution in [2.24, 2.45) is 0 Å². The van der Waals surface area contributed by atoms with Gasteiger partial charge in [0.15, 0.2) is 0 Å². The Hall–Kier alpha value is -4.57. The largest absolute Gasteiger partial charge is 0.496 e. The van der Waals surface area contributed by atoms with E-state index in [1.165, 1.54) is 6.08 Å². The summed E-state index contributed by atoms with van der Waals surface area (Å²) in [4.78, 5) is 25.5. The summed E-state index contributed by atoms with van der Waals surface area (Å²) in [6.07, 6.45) is 4.87. The number of methoxy groups -OCH3 is 2. The fourth-order valence-corrected chi connectivity index (χ4v) is 4.09. The number of carbonyl (C=O) groups excluding carboxylic acids is 1. The van der Waals surface area contributed by atoms with Crippen LogP contribution in [0, 0.1) is 0 Å². The lowest BCUT2D eigenvalue weighted by Crippen LogP contribution is -2.29. The van der Waals surface area contributed by atoms with Crippen molar-refractivity contribution in [3.05, 3.63) is 67.5 Å². The normalized spacial score (nSPS) is 10.9. The van der Waals surface area contributed by atoms with Gasteiger partial charge in [-0.05, 0) is 50.5 Å². The maximum Gasteiger partial charge on any atom is 0.247 e. The molecular formula is C28H33N7O3. The van der Waals surface area contributed by atoms with Crippen molar-refractivity contribution in [1.82, 2.24) is 19.4 Å². The molecule has 1 amide bonds. The molecule has 2 N–H and O–H groups in total. The van der Waals surface area contributed by atoms with Crippen LogP contribution in [0.2, 0.25) is 0 Å². The van der Waals surface area contributed by atoms with Crippen LogP contribution in [0.15, 0.2) is 67.5 Å². The van der Waals surface area contributed by atoms with E-state index < -0.39 is 0 Å². The van der Waals surface area contributed by atoms with Crippen LogP contribution in [-0.4, -0.2) is 73.8 Å². The predicted octanol–water partition coefficient (Wildman–Crippen LogP) is 4.30. The Balaban J connectivity index is 1.70. The first kappa shape index (κ1) is 26.5. The summed E-state index contributed by atoms with van der Waals surface area (Å²) in [7, 11) is 9.26. The molecule has 0 aliphatic rings. The third-order valence-corrected chi connectivity index (χ3v) is 6.10. The smallest absolute Gasteiger partial charge is 0.247 e. The van der Waals surface area contributed by atoms with Crippen LogP contribution in [-0.2, 0) is 4.79 Å². The molecule has 0 bridgehead atoms. The second-order valence-electron chi connectivity index (χ2n) is 8.93. The van der Waals surface area contributed by atoms with Crippen molar-refractivity contribution in [3.63, 3.8) is 0 Å². The number of anilines is 4. The first-order valence-corrected chi connectivity index (χ1v) is 12.1. The van der Waals surface area contributed by atoms with E-state index in [-0.39, 0.29) is 5.91 Å². The van der Waals surface area contributed by atoms with E-state index in [4.69, 9.17) is 14.5 Å². The van der Waals surface area contributed by atoms with Crippen LogP contribution < -0.4 is 25.0 Å². The zero-order chi connectivity index (χ0) is 27.2. The highest BCUT2D eigenvalue weighted by Crippen LogP contribution is 2.38. The third kappa shape index (κ3) is 5.70. The molecule has 0 saturated heterocycles. The molecule has 0 atom stereocenters. The van der Waals surface area contributed by atoms with Gasteiger partial charge in [0.05, 0.1) is 36.8 Å². The number of nitrogens with zero attached hydrogens (tertiary/aromatic N) is 5. The maximum atomic E-state index is 12.2. The lowest BCUT2D eigenvalue weighted by Gasteiger charge is -2.26. The summed E-state index contributed by atoms with van der Waals surface area (Å²) >= 11 is 0.